The van der Waals surface area contributed by atoms with Crippen molar-refractivity contribution in [3.05, 3.63) is 48.0 Å². The summed E-state index contributed by atoms with van der Waals surface area (Å²) in [6.45, 7) is 0. The molecule has 4 nitrogen and oxygen atoms in total. The molecule has 2 heterocycles. The van der Waals surface area contributed by atoms with E-state index in [4.69, 9.17) is 0 Å². The molecule has 1 atom stereocenters. The Morgan fingerprint density at radius 2 is 2.11 bits per heavy atom. The monoisotopic (exact) mass is 245 g/mol. The maximum Gasteiger partial charge on any atom is 0.0547 e. The molecular weight excluding hydrogens is 226 g/mol. The highest BCUT2D eigenvalue weighted by Crippen LogP contribution is 2.09. The number of nitrogens with zero attached hydrogens (tertiary/aromatic N) is 3. The fraction of sp³-hybridized carbons (Fsp3) is 0.429. The standard InChI is InChI=1S/C14H19N3O/c1-17-11-12(10-16-17)5-7-14(18)8-6-13-4-2-3-9-15-13/h2-4,9-11,14,18H,5-8H2,1H3. The van der Waals surface area contributed by atoms with Gasteiger partial charge in [0, 0.05) is 25.1 Å². The van der Waals surface area contributed by atoms with E-state index >= 15 is 0 Å². The van der Waals surface area contributed by atoms with Gasteiger partial charge in [0.25, 0.3) is 0 Å². The van der Waals surface area contributed by atoms with Crippen molar-refractivity contribution in [3.63, 3.8) is 0 Å². The Morgan fingerprint density at radius 1 is 1.28 bits per heavy atom. The van der Waals surface area contributed by atoms with Gasteiger partial charge in [0.05, 0.1) is 12.3 Å². The van der Waals surface area contributed by atoms with E-state index < -0.39 is 0 Å². The van der Waals surface area contributed by atoms with Gasteiger partial charge in [-0.05, 0) is 43.4 Å². The highest BCUT2D eigenvalue weighted by Gasteiger charge is 2.06. The fourth-order valence-electron chi connectivity index (χ4n) is 1.94. The molecule has 0 bridgehead atoms. The molecule has 0 aliphatic carbocycles. The van der Waals surface area contributed by atoms with Crippen LogP contribution in [0.3, 0.4) is 0 Å². The third-order valence-electron chi connectivity index (χ3n) is 2.98. The number of aliphatic hydroxyl groups is 1. The number of aliphatic hydroxyl groups excluding tert-OH is 1. The molecule has 0 amide bonds. The van der Waals surface area contributed by atoms with Crippen LogP contribution in [-0.2, 0) is 19.9 Å². The summed E-state index contributed by atoms with van der Waals surface area (Å²) in [5, 5.41) is 14.0. The molecule has 18 heavy (non-hydrogen) atoms. The van der Waals surface area contributed by atoms with Crippen molar-refractivity contribution in [2.24, 2.45) is 7.05 Å². The normalized spacial score (nSPS) is 12.6. The second-order valence-electron chi connectivity index (χ2n) is 4.57. The highest BCUT2D eigenvalue weighted by atomic mass is 16.3. The molecule has 2 rings (SSSR count). The summed E-state index contributed by atoms with van der Waals surface area (Å²) in [5.74, 6) is 0. The molecule has 4 heteroatoms. The largest absolute Gasteiger partial charge is 0.393 e. The molecule has 0 aliphatic heterocycles. The summed E-state index contributed by atoms with van der Waals surface area (Å²) in [6.07, 6.45) is 8.60. The third-order valence-corrected chi connectivity index (χ3v) is 2.98. The maximum absolute atomic E-state index is 9.92. The van der Waals surface area contributed by atoms with E-state index in [-0.39, 0.29) is 6.10 Å². The summed E-state index contributed by atoms with van der Waals surface area (Å²) in [7, 11) is 1.90. The van der Waals surface area contributed by atoms with Crippen LogP contribution >= 0.6 is 0 Å². The van der Waals surface area contributed by atoms with Crippen LogP contribution in [0, 0.1) is 0 Å². The predicted molar refractivity (Wildman–Crippen MR) is 70.1 cm³/mol. The number of hydrogen-bond donors (Lipinski definition) is 1. The van der Waals surface area contributed by atoms with E-state index in [1.807, 2.05) is 37.6 Å². The van der Waals surface area contributed by atoms with Gasteiger partial charge < -0.3 is 5.11 Å². The molecule has 2 aromatic rings. The van der Waals surface area contributed by atoms with E-state index in [1.165, 1.54) is 5.56 Å². The van der Waals surface area contributed by atoms with E-state index in [0.29, 0.717) is 0 Å². The molecular formula is C14H19N3O. The highest BCUT2D eigenvalue weighted by molar-refractivity contribution is 5.05. The van der Waals surface area contributed by atoms with Crippen LogP contribution in [-0.4, -0.2) is 26.0 Å². The Kier molecular flexibility index (Phi) is 4.47. The molecule has 0 aromatic carbocycles. The predicted octanol–water partition coefficient (Wildman–Crippen LogP) is 1.74. The summed E-state index contributed by atoms with van der Waals surface area (Å²) in [5.41, 5.74) is 2.22. The fourth-order valence-corrected chi connectivity index (χ4v) is 1.94. The summed E-state index contributed by atoms with van der Waals surface area (Å²) in [6, 6.07) is 5.88. The van der Waals surface area contributed by atoms with Gasteiger partial charge in [0.2, 0.25) is 0 Å². The average Bonchev–Trinajstić information content (AvgIpc) is 2.81. The first-order chi connectivity index (χ1) is 8.74. The molecule has 1 N–H and O–H groups in total. The van der Waals surface area contributed by atoms with Gasteiger partial charge in [-0.25, -0.2) is 0 Å². The van der Waals surface area contributed by atoms with Crippen LogP contribution in [0.5, 0.6) is 0 Å². The van der Waals surface area contributed by atoms with Gasteiger partial charge in [0.15, 0.2) is 0 Å². The number of aromatic nitrogens is 3. The van der Waals surface area contributed by atoms with E-state index in [9.17, 15) is 5.11 Å². The zero-order valence-corrected chi connectivity index (χ0v) is 10.7. The molecule has 96 valence electrons. The summed E-state index contributed by atoms with van der Waals surface area (Å²) < 4.78 is 1.79. The first kappa shape index (κ1) is 12.8. The minimum absolute atomic E-state index is 0.271. The van der Waals surface area contributed by atoms with E-state index in [2.05, 4.69) is 10.1 Å². The van der Waals surface area contributed by atoms with E-state index in [1.54, 1.807) is 10.9 Å². The quantitative estimate of drug-likeness (QED) is 0.843. The number of rotatable bonds is 6. The molecule has 0 spiro atoms. The first-order valence-electron chi connectivity index (χ1n) is 6.29. The molecule has 0 saturated carbocycles. The Labute approximate surface area is 107 Å². The van der Waals surface area contributed by atoms with Crippen molar-refractivity contribution in [2.75, 3.05) is 0 Å². The topological polar surface area (TPSA) is 50.9 Å². The van der Waals surface area contributed by atoms with Crippen LogP contribution in [0.4, 0.5) is 0 Å². The van der Waals surface area contributed by atoms with Gasteiger partial charge in [-0.15, -0.1) is 0 Å². The van der Waals surface area contributed by atoms with Crippen molar-refractivity contribution < 1.29 is 5.11 Å². The van der Waals surface area contributed by atoms with Crippen LogP contribution in [0.15, 0.2) is 36.8 Å². The maximum atomic E-state index is 9.92. The zero-order valence-electron chi connectivity index (χ0n) is 10.7. The number of pyridine rings is 1. The van der Waals surface area contributed by atoms with E-state index in [0.717, 1.165) is 31.4 Å². The number of hydrogen-bond acceptors (Lipinski definition) is 3. The lowest BCUT2D eigenvalue weighted by Crippen LogP contribution is -2.09. The minimum atomic E-state index is -0.271. The summed E-state index contributed by atoms with van der Waals surface area (Å²) >= 11 is 0. The van der Waals surface area contributed by atoms with Crippen molar-refractivity contribution in [1.29, 1.82) is 0 Å². The van der Waals surface area contributed by atoms with Gasteiger partial charge in [-0.3, -0.25) is 9.67 Å². The average molecular weight is 245 g/mol. The van der Waals surface area contributed by atoms with Gasteiger partial charge in [0.1, 0.15) is 0 Å². The van der Waals surface area contributed by atoms with Crippen molar-refractivity contribution in [2.45, 2.75) is 31.8 Å². The first-order valence-corrected chi connectivity index (χ1v) is 6.29. The molecule has 0 fully saturated rings. The summed E-state index contributed by atoms with van der Waals surface area (Å²) in [4.78, 5) is 4.25. The molecule has 1 unspecified atom stereocenters. The van der Waals surface area contributed by atoms with Gasteiger partial charge in [-0.1, -0.05) is 6.07 Å². The minimum Gasteiger partial charge on any atom is -0.393 e. The zero-order chi connectivity index (χ0) is 12.8. The lowest BCUT2D eigenvalue weighted by Gasteiger charge is -2.09. The molecule has 0 saturated heterocycles. The second kappa shape index (κ2) is 6.31. The number of aryl methyl sites for hydroxylation is 3. The lowest BCUT2D eigenvalue weighted by atomic mass is 10.0. The Morgan fingerprint density at radius 3 is 2.78 bits per heavy atom. The van der Waals surface area contributed by atoms with Crippen molar-refractivity contribution in [1.82, 2.24) is 14.8 Å². The van der Waals surface area contributed by atoms with Crippen LogP contribution < -0.4 is 0 Å². The van der Waals surface area contributed by atoms with Crippen molar-refractivity contribution in [3.8, 4) is 0 Å². The Hall–Kier alpha value is -1.68. The molecule has 0 radical (unpaired) electrons. The smallest absolute Gasteiger partial charge is 0.0547 e. The van der Waals surface area contributed by atoms with Gasteiger partial charge >= 0.3 is 0 Å². The van der Waals surface area contributed by atoms with Crippen LogP contribution in [0.2, 0.25) is 0 Å². The van der Waals surface area contributed by atoms with Crippen molar-refractivity contribution >= 4 is 0 Å². The Balaban J connectivity index is 1.71. The molecule has 2 aromatic heterocycles. The third kappa shape index (κ3) is 3.96. The lowest BCUT2D eigenvalue weighted by molar-refractivity contribution is 0.155. The van der Waals surface area contributed by atoms with Gasteiger partial charge in [-0.2, -0.15) is 5.10 Å². The second-order valence-corrected chi connectivity index (χ2v) is 4.57. The Bertz CT molecular complexity index is 467. The molecule has 0 aliphatic rings. The van der Waals surface area contributed by atoms with Crippen LogP contribution in [0.1, 0.15) is 24.1 Å². The SMILES string of the molecule is Cn1cc(CCC(O)CCc2ccccn2)cn1. The van der Waals surface area contributed by atoms with Crippen LogP contribution in [0.25, 0.3) is 0 Å².